The zero-order valence-corrected chi connectivity index (χ0v) is 8.97. The van der Waals surface area contributed by atoms with Crippen molar-refractivity contribution in [1.82, 2.24) is 0 Å². The van der Waals surface area contributed by atoms with Gasteiger partial charge in [-0.05, 0) is 24.1 Å². The van der Waals surface area contributed by atoms with Crippen LogP contribution in [0.4, 0.5) is 13.2 Å². The molecule has 0 aliphatic heterocycles. The van der Waals surface area contributed by atoms with Crippen molar-refractivity contribution in [2.45, 2.75) is 26.1 Å². The van der Waals surface area contributed by atoms with Crippen LogP contribution in [0.5, 0.6) is 5.75 Å². The molecule has 0 heterocycles. The normalized spacial score (nSPS) is 11.6. The fourth-order valence-corrected chi connectivity index (χ4v) is 1.31. The van der Waals surface area contributed by atoms with E-state index in [-0.39, 0.29) is 17.9 Å². The van der Waals surface area contributed by atoms with Crippen molar-refractivity contribution in [3.8, 4) is 5.75 Å². The van der Waals surface area contributed by atoms with Crippen LogP contribution in [0.3, 0.4) is 0 Å². The lowest BCUT2D eigenvalue weighted by atomic mass is 10.1. The Morgan fingerprint density at radius 2 is 2.00 bits per heavy atom. The van der Waals surface area contributed by atoms with Gasteiger partial charge in [0, 0.05) is 6.54 Å². The van der Waals surface area contributed by atoms with Gasteiger partial charge >= 0.3 is 6.18 Å². The quantitative estimate of drug-likeness (QED) is 0.867. The lowest BCUT2D eigenvalue weighted by molar-refractivity contribution is -0.138. The molecule has 0 fully saturated rings. The van der Waals surface area contributed by atoms with Crippen LogP contribution >= 0.6 is 0 Å². The summed E-state index contributed by atoms with van der Waals surface area (Å²) in [6, 6.07) is 3.86. The Bertz CT molecular complexity index is 350. The van der Waals surface area contributed by atoms with E-state index in [1.54, 1.807) is 0 Å². The monoisotopic (exact) mass is 233 g/mol. The molecule has 0 spiro atoms. The van der Waals surface area contributed by atoms with E-state index in [1.165, 1.54) is 12.1 Å². The van der Waals surface area contributed by atoms with Crippen molar-refractivity contribution >= 4 is 0 Å². The Morgan fingerprint density at radius 3 is 2.50 bits per heavy atom. The Kier molecular flexibility index (Phi) is 4.18. The van der Waals surface area contributed by atoms with Gasteiger partial charge in [-0.2, -0.15) is 13.2 Å². The fraction of sp³-hybridized carbons (Fsp3) is 0.455. The number of rotatable bonds is 4. The van der Waals surface area contributed by atoms with Gasteiger partial charge in [0.1, 0.15) is 5.75 Å². The molecule has 0 aromatic heterocycles. The van der Waals surface area contributed by atoms with Gasteiger partial charge < -0.3 is 10.5 Å². The third-order valence-corrected chi connectivity index (χ3v) is 2.08. The predicted molar refractivity (Wildman–Crippen MR) is 55.1 cm³/mol. The molecular formula is C11H14F3NO. The second kappa shape index (κ2) is 5.21. The summed E-state index contributed by atoms with van der Waals surface area (Å²) in [7, 11) is 0. The minimum Gasteiger partial charge on any atom is -0.494 e. The van der Waals surface area contributed by atoms with E-state index >= 15 is 0 Å². The van der Waals surface area contributed by atoms with Crippen molar-refractivity contribution < 1.29 is 17.9 Å². The summed E-state index contributed by atoms with van der Waals surface area (Å²) >= 11 is 0. The standard InChI is InChI=1S/C11H14F3NO/c1-2-5-16-9-4-3-8(7-15)10(6-9)11(12,13)14/h3-4,6H,2,5,7,15H2,1H3. The van der Waals surface area contributed by atoms with E-state index in [0.717, 1.165) is 12.5 Å². The van der Waals surface area contributed by atoms with Crippen LogP contribution in [-0.2, 0) is 12.7 Å². The summed E-state index contributed by atoms with van der Waals surface area (Å²) < 4.78 is 43.0. The number of halogens is 3. The molecule has 0 radical (unpaired) electrons. The summed E-state index contributed by atoms with van der Waals surface area (Å²) in [6.07, 6.45) is -3.64. The Balaban J connectivity index is 3.02. The van der Waals surface area contributed by atoms with Crippen molar-refractivity contribution in [1.29, 1.82) is 0 Å². The summed E-state index contributed by atoms with van der Waals surface area (Å²) in [4.78, 5) is 0. The summed E-state index contributed by atoms with van der Waals surface area (Å²) in [5.41, 5.74) is 4.62. The van der Waals surface area contributed by atoms with E-state index in [1.807, 2.05) is 6.92 Å². The molecule has 0 atom stereocenters. The smallest absolute Gasteiger partial charge is 0.416 e. The molecule has 0 saturated carbocycles. The van der Waals surface area contributed by atoms with Crippen molar-refractivity contribution in [2.75, 3.05) is 6.61 Å². The first-order chi connectivity index (χ1) is 7.49. The lowest BCUT2D eigenvalue weighted by Crippen LogP contribution is -2.12. The van der Waals surface area contributed by atoms with Gasteiger partial charge in [-0.25, -0.2) is 0 Å². The molecule has 0 amide bonds. The lowest BCUT2D eigenvalue weighted by Gasteiger charge is -2.13. The van der Waals surface area contributed by atoms with Gasteiger partial charge in [-0.3, -0.25) is 0 Å². The third-order valence-electron chi connectivity index (χ3n) is 2.08. The van der Waals surface area contributed by atoms with Crippen molar-refractivity contribution in [2.24, 2.45) is 5.73 Å². The molecule has 0 aliphatic carbocycles. The number of alkyl halides is 3. The van der Waals surface area contributed by atoms with E-state index in [0.29, 0.717) is 6.61 Å². The van der Waals surface area contributed by atoms with Crippen molar-refractivity contribution in [3.63, 3.8) is 0 Å². The van der Waals surface area contributed by atoms with Crippen LogP contribution in [0.25, 0.3) is 0 Å². The molecule has 1 aromatic rings. The topological polar surface area (TPSA) is 35.2 Å². The first-order valence-electron chi connectivity index (χ1n) is 5.02. The molecule has 0 saturated heterocycles. The molecule has 16 heavy (non-hydrogen) atoms. The average molecular weight is 233 g/mol. The van der Waals surface area contributed by atoms with Crippen LogP contribution in [0, 0.1) is 0 Å². The minimum atomic E-state index is -4.39. The first-order valence-corrected chi connectivity index (χ1v) is 5.02. The number of hydrogen-bond donors (Lipinski definition) is 1. The SMILES string of the molecule is CCCOc1ccc(CN)c(C(F)(F)F)c1. The number of nitrogens with two attached hydrogens (primary N) is 1. The molecule has 1 aromatic carbocycles. The van der Waals surface area contributed by atoms with Crippen LogP contribution in [0.1, 0.15) is 24.5 Å². The van der Waals surface area contributed by atoms with E-state index in [4.69, 9.17) is 10.5 Å². The fourth-order valence-electron chi connectivity index (χ4n) is 1.31. The van der Waals surface area contributed by atoms with Crippen LogP contribution in [0.15, 0.2) is 18.2 Å². The third kappa shape index (κ3) is 3.13. The first kappa shape index (κ1) is 12.8. The second-order valence-electron chi connectivity index (χ2n) is 3.37. The molecule has 0 aliphatic rings. The minimum absolute atomic E-state index is 0.0800. The summed E-state index contributed by atoms with van der Waals surface area (Å²) in [5, 5.41) is 0. The van der Waals surface area contributed by atoms with Gasteiger partial charge in [-0.1, -0.05) is 13.0 Å². The highest BCUT2D eigenvalue weighted by molar-refractivity contribution is 5.37. The largest absolute Gasteiger partial charge is 0.494 e. The van der Waals surface area contributed by atoms with Gasteiger partial charge in [0.15, 0.2) is 0 Å². The second-order valence-corrected chi connectivity index (χ2v) is 3.37. The Morgan fingerprint density at radius 1 is 1.31 bits per heavy atom. The van der Waals surface area contributed by atoms with E-state index in [2.05, 4.69) is 0 Å². The maximum Gasteiger partial charge on any atom is 0.416 e. The molecule has 5 heteroatoms. The van der Waals surface area contributed by atoms with Gasteiger partial charge in [0.05, 0.1) is 12.2 Å². The molecule has 1 rings (SSSR count). The zero-order valence-electron chi connectivity index (χ0n) is 8.97. The molecule has 0 bridgehead atoms. The highest BCUT2D eigenvalue weighted by Crippen LogP contribution is 2.34. The maximum absolute atomic E-state index is 12.6. The number of ether oxygens (including phenoxy) is 1. The molecule has 2 nitrogen and oxygen atoms in total. The number of hydrogen-bond acceptors (Lipinski definition) is 2. The maximum atomic E-state index is 12.6. The summed E-state index contributed by atoms with van der Waals surface area (Å²) in [5.74, 6) is 0.228. The summed E-state index contributed by atoms with van der Waals surface area (Å²) in [6.45, 7) is 2.15. The predicted octanol–water partition coefficient (Wildman–Crippen LogP) is 2.95. The highest BCUT2D eigenvalue weighted by Gasteiger charge is 2.33. The molecular weight excluding hydrogens is 219 g/mol. The molecule has 2 N–H and O–H groups in total. The van der Waals surface area contributed by atoms with Crippen LogP contribution in [0.2, 0.25) is 0 Å². The number of benzene rings is 1. The van der Waals surface area contributed by atoms with E-state index in [9.17, 15) is 13.2 Å². The van der Waals surface area contributed by atoms with Gasteiger partial charge in [0.2, 0.25) is 0 Å². The van der Waals surface area contributed by atoms with Crippen LogP contribution in [-0.4, -0.2) is 6.61 Å². The highest BCUT2D eigenvalue weighted by atomic mass is 19.4. The Hall–Kier alpha value is -1.23. The molecule has 90 valence electrons. The van der Waals surface area contributed by atoms with Gasteiger partial charge in [0.25, 0.3) is 0 Å². The molecule has 0 unspecified atom stereocenters. The Labute approximate surface area is 92.2 Å². The van der Waals surface area contributed by atoms with Crippen molar-refractivity contribution in [3.05, 3.63) is 29.3 Å². The van der Waals surface area contributed by atoms with Crippen LogP contribution < -0.4 is 10.5 Å². The average Bonchev–Trinajstić information content (AvgIpc) is 2.24. The van der Waals surface area contributed by atoms with E-state index < -0.39 is 11.7 Å². The zero-order chi connectivity index (χ0) is 12.2. The van der Waals surface area contributed by atoms with Gasteiger partial charge in [-0.15, -0.1) is 0 Å².